The van der Waals surface area contributed by atoms with Gasteiger partial charge in [-0.3, -0.25) is 9.10 Å². The first-order valence-electron chi connectivity index (χ1n) is 9.41. The van der Waals surface area contributed by atoms with E-state index in [4.69, 9.17) is 0 Å². The maximum absolute atomic E-state index is 13.1. The van der Waals surface area contributed by atoms with Crippen LogP contribution < -0.4 is 9.62 Å². The lowest BCUT2D eigenvalue weighted by Crippen LogP contribution is -2.29. The molecule has 0 saturated heterocycles. The topological polar surface area (TPSA) is 66.5 Å². The minimum Gasteiger partial charge on any atom is -0.346 e. The average Bonchev–Trinajstić information content (AvgIpc) is 2.74. The van der Waals surface area contributed by atoms with E-state index >= 15 is 0 Å². The number of aryl methyl sites for hydroxylation is 1. The average molecular weight is 427 g/mol. The number of nitrogens with zero attached hydrogens (tertiary/aromatic N) is 1. The first kappa shape index (κ1) is 21.5. The second kappa shape index (κ2) is 8.67. The summed E-state index contributed by atoms with van der Waals surface area (Å²) in [7, 11) is -2.30. The highest BCUT2D eigenvalue weighted by atomic mass is 32.2. The number of hydrogen-bond donors (Lipinski definition) is 1. The molecule has 7 heteroatoms. The summed E-state index contributed by atoms with van der Waals surface area (Å²) in [6.07, 6.45) is 0. The Balaban J connectivity index is 1.85. The molecule has 3 rings (SSSR count). The molecule has 0 saturated carbocycles. The van der Waals surface area contributed by atoms with Crippen LogP contribution in [0.4, 0.5) is 10.1 Å². The van der Waals surface area contributed by atoms with Crippen molar-refractivity contribution in [2.45, 2.75) is 24.8 Å². The molecule has 0 aromatic heterocycles. The second-order valence-electron chi connectivity index (χ2n) is 7.03. The van der Waals surface area contributed by atoms with E-state index in [1.807, 2.05) is 0 Å². The highest BCUT2D eigenvalue weighted by molar-refractivity contribution is 7.92. The SMILES string of the molecule is Cc1ccc(C(=O)NC(C)c2ccc(F)cc2)cc1N(C)S(=O)(=O)c1ccccc1. The summed E-state index contributed by atoms with van der Waals surface area (Å²) in [5, 5.41) is 2.86. The van der Waals surface area contributed by atoms with E-state index in [0.29, 0.717) is 11.3 Å². The fraction of sp³-hybridized carbons (Fsp3) is 0.174. The van der Waals surface area contributed by atoms with E-state index in [9.17, 15) is 17.6 Å². The molecule has 3 aromatic carbocycles. The van der Waals surface area contributed by atoms with Crippen molar-refractivity contribution < 1.29 is 17.6 Å². The third-order valence-electron chi connectivity index (χ3n) is 4.93. The molecule has 1 amide bonds. The van der Waals surface area contributed by atoms with Crippen LogP contribution in [0, 0.1) is 12.7 Å². The van der Waals surface area contributed by atoms with Gasteiger partial charge in [-0.1, -0.05) is 36.4 Å². The molecule has 0 bridgehead atoms. The predicted octanol–water partition coefficient (Wildman–Crippen LogP) is 4.45. The number of halogens is 1. The summed E-state index contributed by atoms with van der Waals surface area (Å²) in [6, 6.07) is 18.6. The summed E-state index contributed by atoms with van der Waals surface area (Å²) >= 11 is 0. The molecular weight excluding hydrogens is 403 g/mol. The Kier molecular flexibility index (Phi) is 6.22. The second-order valence-corrected chi connectivity index (χ2v) is 9.00. The number of sulfonamides is 1. The van der Waals surface area contributed by atoms with Gasteiger partial charge in [-0.25, -0.2) is 12.8 Å². The standard InChI is InChI=1S/C23H23FN2O3S/c1-16-9-10-19(23(27)25-17(2)18-11-13-20(24)14-12-18)15-22(16)26(3)30(28,29)21-7-5-4-6-8-21/h4-15,17H,1-3H3,(H,25,27). The number of benzene rings is 3. The lowest BCUT2D eigenvalue weighted by atomic mass is 10.1. The van der Waals surface area contributed by atoms with Crippen molar-refractivity contribution in [3.8, 4) is 0 Å². The Hall–Kier alpha value is -3.19. The maximum Gasteiger partial charge on any atom is 0.264 e. The first-order valence-corrected chi connectivity index (χ1v) is 10.8. The molecule has 0 aliphatic carbocycles. The number of anilines is 1. The Labute approximate surface area is 176 Å². The predicted molar refractivity (Wildman–Crippen MR) is 115 cm³/mol. The van der Waals surface area contributed by atoms with E-state index in [-0.39, 0.29) is 22.7 Å². The normalized spacial score (nSPS) is 12.3. The Morgan fingerprint density at radius 2 is 1.63 bits per heavy atom. The zero-order valence-electron chi connectivity index (χ0n) is 17.0. The number of carbonyl (C=O) groups excluding carboxylic acids is 1. The van der Waals surface area contributed by atoms with E-state index in [1.54, 1.807) is 62.4 Å². The van der Waals surface area contributed by atoms with Gasteiger partial charge in [0.05, 0.1) is 16.6 Å². The molecule has 0 fully saturated rings. The Morgan fingerprint density at radius 1 is 1.00 bits per heavy atom. The number of hydrogen-bond acceptors (Lipinski definition) is 3. The Bertz CT molecular complexity index is 1150. The molecule has 5 nitrogen and oxygen atoms in total. The molecule has 0 aliphatic heterocycles. The minimum atomic E-state index is -3.76. The van der Waals surface area contributed by atoms with E-state index < -0.39 is 10.0 Å². The van der Waals surface area contributed by atoms with E-state index in [1.165, 1.54) is 35.6 Å². The van der Waals surface area contributed by atoms with Crippen molar-refractivity contribution >= 4 is 21.6 Å². The number of rotatable bonds is 6. The monoisotopic (exact) mass is 426 g/mol. The largest absolute Gasteiger partial charge is 0.346 e. The van der Waals surface area contributed by atoms with Crippen molar-refractivity contribution in [2.24, 2.45) is 0 Å². The van der Waals surface area contributed by atoms with Gasteiger partial charge in [0.25, 0.3) is 15.9 Å². The third kappa shape index (κ3) is 4.52. The molecule has 3 aromatic rings. The van der Waals surface area contributed by atoms with Crippen molar-refractivity contribution in [3.05, 3.63) is 95.3 Å². The van der Waals surface area contributed by atoms with Crippen LogP contribution in [-0.2, 0) is 10.0 Å². The van der Waals surface area contributed by atoms with Gasteiger partial charge >= 0.3 is 0 Å². The van der Waals surface area contributed by atoms with Gasteiger partial charge in [-0.05, 0) is 61.4 Å². The van der Waals surface area contributed by atoms with Crippen LogP contribution in [0.3, 0.4) is 0 Å². The highest BCUT2D eigenvalue weighted by Crippen LogP contribution is 2.27. The van der Waals surface area contributed by atoms with E-state index in [0.717, 1.165) is 11.1 Å². The van der Waals surface area contributed by atoms with Gasteiger partial charge in [0.2, 0.25) is 0 Å². The molecule has 0 aliphatic rings. The van der Waals surface area contributed by atoms with Crippen molar-refractivity contribution in [1.29, 1.82) is 0 Å². The molecule has 0 heterocycles. The van der Waals surface area contributed by atoms with Crippen LogP contribution in [-0.4, -0.2) is 21.4 Å². The molecule has 0 radical (unpaired) electrons. The van der Waals surface area contributed by atoms with E-state index in [2.05, 4.69) is 5.32 Å². The Morgan fingerprint density at radius 3 is 2.27 bits per heavy atom. The maximum atomic E-state index is 13.1. The van der Waals surface area contributed by atoms with Crippen molar-refractivity contribution in [1.82, 2.24) is 5.32 Å². The molecule has 1 N–H and O–H groups in total. The summed E-state index contributed by atoms with van der Waals surface area (Å²) in [4.78, 5) is 12.9. The molecule has 156 valence electrons. The summed E-state index contributed by atoms with van der Waals surface area (Å²) in [5.74, 6) is -0.693. The van der Waals surface area contributed by atoms with Crippen LogP contribution in [0.1, 0.15) is 34.5 Å². The number of nitrogens with one attached hydrogen (secondary N) is 1. The number of carbonyl (C=O) groups is 1. The van der Waals surface area contributed by atoms with Gasteiger partial charge < -0.3 is 5.32 Å². The van der Waals surface area contributed by atoms with Gasteiger partial charge in [0.1, 0.15) is 5.82 Å². The van der Waals surface area contributed by atoms with Gasteiger partial charge in [-0.2, -0.15) is 0 Å². The lowest BCUT2D eigenvalue weighted by Gasteiger charge is -2.22. The molecule has 0 spiro atoms. The molecule has 1 atom stereocenters. The van der Waals surface area contributed by atoms with Crippen LogP contribution in [0.5, 0.6) is 0 Å². The highest BCUT2D eigenvalue weighted by Gasteiger charge is 2.23. The summed E-state index contributed by atoms with van der Waals surface area (Å²) in [6.45, 7) is 3.58. The molecular formula is C23H23FN2O3S. The summed E-state index contributed by atoms with van der Waals surface area (Å²) in [5.41, 5.74) is 2.24. The van der Waals surface area contributed by atoms with Crippen LogP contribution >= 0.6 is 0 Å². The minimum absolute atomic E-state index is 0.173. The van der Waals surface area contributed by atoms with Crippen LogP contribution in [0.25, 0.3) is 0 Å². The van der Waals surface area contributed by atoms with Crippen molar-refractivity contribution in [3.63, 3.8) is 0 Å². The lowest BCUT2D eigenvalue weighted by molar-refractivity contribution is 0.0940. The fourth-order valence-electron chi connectivity index (χ4n) is 3.08. The third-order valence-corrected chi connectivity index (χ3v) is 6.72. The van der Waals surface area contributed by atoms with Crippen molar-refractivity contribution in [2.75, 3.05) is 11.4 Å². The zero-order valence-corrected chi connectivity index (χ0v) is 17.8. The quantitative estimate of drug-likeness (QED) is 0.633. The molecule has 1 unspecified atom stereocenters. The fourth-order valence-corrected chi connectivity index (χ4v) is 4.36. The van der Waals surface area contributed by atoms with Gasteiger partial charge in [0, 0.05) is 12.6 Å². The van der Waals surface area contributed by atoms with Crippen LogP contribution in [0.2, 0.25) is 0 Å². The molecule has 30 heavy (non-hydrogen) atoms. The van der Waals surface area contributed by atoms with Gasteiger partial charge in [-0.15, -0.1) is 0 Å². The number of amides is 1. The van der Waals surface area contributed by atoms with Crippen LogP contribution in [0.15, 0.2) is 77.7 Å². The summed E-state index contributed by atoms with van der Waals surface area (Å²) < 4.78 is 40.2. The zero-order chi connectivity index (χ0) is 21.9. The first-order chi connectivity index (χ1) is 14.2. The smallest absolute Gasteiger partial charge is 0.264 e. The van der Waals surface area contributed by atoms with Gasteiger partial charge in [0.15, 0.2) is 0 Å².